The lowest BCUT2D eigenvalue weighted by Gasteiger charge is -2.39. The first-order chi connectivity index (χ1) is 14.7. The number of aryl methyl sites for hydroxylation is 1. The van der Waals surface area contributed by atoms with Crippen LogP contribution in [-0.4, -0.2) is 14.5 Å². The highest BCUT2D eigenvalue weighted by atomic mass is 15.0. The lowest BCUT2D eigenvalue weighted by atomic mass is 9.67. The highest BCUT2D eigenvalue weighted by Gasteiger charge is 2.39. The second-order valence-corrected chi connectivity index (χ2v) is 10.5. The lowest BCUT2D eigenvalue weighted by molar-refractivity contribution is 0.314. The Morgan fingerprint density at radius 3 is 2.16 bits per heavy atom. The first kappa shape index (κ1) is 21.8. The molecule has 164 valence electrons. The second kappa shape index (κ2) is 8.26. The Kier molecular flexibility index (Phi) is 5.81. The average molecular weight is 416 g/mol. The SMILES string of the molecule is CCCCCn1c(-c2ccc(C)cc2)ccc1-c1cnc2c(n1)C(C)(C)CCC2(C)C. The smallest absolute Gasteiger partial charge is 0.105 e. The summed E-state index contributed by atoms with van der Waals surface area (Å²) < 4.78 is 2.46. The van der Waals surface area contributed by atoms with E-state index in [2.05, 4.69) is 82.5 Å². The monoisotopic (exact) mass is 415 g/mol. The van der Waals surface area contributed by atoms with Gasteiger partial charge in [-0.05, 0) is 43.9 Å². The minimum atomic E-state index is 0.0628. The van der Waals surface area contributed by atoms with E-state index in [9.17, 15) is 0 Å². The molecule has 0 unspecified atom stereocenters. The first-order valence-electron chi connectivity index (χ1n) is 11.9. The fourth-order valence-electron chi connectivity index (χ4n) is 4.77. The summed E-state index contributed by atoms with van der Waals surface area (Å²) in [6.45, 7) is 14.6. The largest absolute Gasteiger partial charge is 0.339 e. The summed E-state index contributed by atoms with van der Waals surface area (Å²) in [6, 6.07) is 13.3. The normalized spacial score (nSPS) is 16.8. The van der Waals surface area contributed by atoms with E-state index in [-0.39, 0.29) is 10.8 Å². The van der Waals surface area contributed by atoms with E-state index in [1.807, 2.05) is 6.20 Å². The Hall–Kier alpha value is -2.42. The maximum Gasteiger partial charge on any atom is 0.105 e. The van der Waals surface area contributed by atoms with Gasteiger partial charge in [-0.3, -0.25) is 4.98 Å². The van der Waals surface area contributed by atoms with Gasteiger partial charge in [-0.25, -0.2) is 4.98 Å². The standard InChI is InChI=1S/C28H37N3/c1-7-8-9-18-31-23(21-12-10-20(2)11-13-21)14-15-24(31)22-19-29-25-26(30-22)28(5,6)17-16-27(25,3)4/h10-15,19H,7-9,16-18H2,1-6H3. The van der Waals surface area contributed by atoms with Crippen molar-refractivity contribution >= 4 is 0 Å². The van der Waals surface area contributed by atoms with Crippen molar-refractivity contribution in [1.82, 2.24) is 14.5 Å². The molecule has 0 N–H and O–H groups in total. The Balaban J connectivity index is 1.81. The van der Waals surface area contributed by atoms with Gasteiger partial charge in [0.1, 0.15) is 5.69 Å². The van der Waals surface area contributed by atoms with Crippen molar-refractivity contribution in [3.05, 3.63) is 59.5 Å². The molecule has 0 aliphatic heterocycles. The van der Waals surface area contributed by atoms with Gasteiger partial charge in [0.2, 0.25) is 0 Å². The maximum atomic E-state index is 5.26. The molecular weight excluding hydrogens is 378 g/mol. The summed E-state index contributed by atoms with van der Waals surface area (Å²) >= 11 is 0. The van der Waals surface area contributed by atoms with Crippen LogP contribution in [0, 0.1) is 6.92 Å². The quantitative estimate of drug-likeness (QED) is 0.391. The van der Waals surface area contributed by atoms with Gasteiger partial charge in [-0.1, -0.05) is 77.3 Å². The van der Waals surface area contributed by atoms with E-state index in [1.165, 1.54) is 53.2 Å². The van der Waals surface area contributed by atoms with Gasteiger partial charge >= 0.3 is 0 Å². The van der Waals surface area contributed by atoms with Gasteiger partial charge in [0, 0.05) is 23.1 Å². The van der Waals surface area contributed by atoms with Crippen LogP contribution in [-0.2, 0) is 17.4 Å². The number of nitrogens with zero attached hydrogens (tertiary/aromatic N) is 3. The maximum absolute atomic E-state index is 5.26. The van der Waals surface area contributed by atoms with E-state index < -0.39 is 0 Å². The predicted molar refractivity (Wildman–Crippen MR) is 130 cm³/mol. The Morgan fingerprint density at radius 2 is 1.48 bits per heavy atom. The molecular formula is C28H37N3. The van der Waals surface area contributed by atoms with E-state index in [0.29, 0.717) is 0 Å². The Labute approximate surface area is 188 Å². The van der Waals surface area contributed by atoms with Crippen LogP contribution in [0.5, 0.6) is 0 Å². The number of aromatic nitrogens is 3. The van der Waals surface area contributed by atoms with Gasteiger partial charge in [-0.2, -0.15) is 0 Å². The molecule has 3 aromatic rings. The third-order valence-corrected chi connectivity index (χ3v) is 7.01. The van der Waals surface area contributed by atoms with Crippen molar-refractivity contribution in [3.63, 3.8) is 0 Å². The summed E-state index contributed by atoms with van der Waals surface area (Å²) in [5, 5.41) is 0. The molecule has 2 heterocycles. The Morgan fingerprint density at radius 1 is 0.839 bits per heavy atom. The number of hydrogen-bond acceptors (Lipinski definition) is 2. The van der Waals surface area contributed by atoms with Gasteiger partial charge in [0.15, 0.2) is 0 Å². The number of unbranched alkanes of at least 4 members (excludes halogenated alkanes) is 2. The molecule has 1 aliphatic carbocycles. The zero-order chi connectivity index (χ0) is 22.2. The van der Waals surface area contributed by atoms with Crippen molar-refractivity contribution in [2.75, 3.05) is 0 Å². The summed E-state index contributed by atoms with van der Waals surface area (Å²) in [4.78, 5) is 10.3. The van der Waals surface area contributed by atoms with Crippen LogP contribution in [0.3, 0.4) is 0 Å². The zero-order valence-corrected chi connectivity index (χ0v) is 20.1. The molecule has 0 saturated carbocycles. The predicted octanol–water partition coefficient (Wildman–Crippen LogP) is 7.46. The molecule has 0 atom stereocenters. The van der Waals surface area contributed by atoms with Gasteiger partial charge in [0.25, 0.3) is 0 Å². The Bertz CT molecular complexity index is 1050. The molecule has 4 rings (SSSR count). The van der Waals surface area contributed by atoms with Crippen LogP contribution in [0.25, 0.3) is 22.6 Å². The molecule has 3 heteroatoms. The minimum absolute atomic E-state index is 0.0628. The van der Waals surface area contributed by atoms with Crippen LogP contribution in [0.15, 0.2) is 42.6 Å². The van der Waals surface area contributed by atoms with Gasteiger partial charge in [-0.15, -0.1) is 0 Å². The molecule has 0 bridgehead atoms. The van der Waals surface area contributed by atoms with Crippen molar-refractivity contribution in [1.29, 1.82) is 0 Å². The lowest BCUT2D eigenvalue weighted by Crippen LogP contribution is -2.36. The summed E-state index contributed by atoms with van der Waals surface area (Å²) in [6.07, 6.45) is 7.95. The summed E-state index contributed by atoms with van der Waals surface area (Å²) in [5.74, 6) is 0. The molecule has 1 aromatic carbocycles. The van der Waals surface area contributed by atoms with Crippen molar-refractivity contribution < 1.29 is 0 Å². The van der Waals surface area contributed by atoms with Crippen LogP contribution in [0.4, 0.5) is 0 Å². The molecule has 0 fully saturated rings. The van der Waals surface area contributed by atoms with Crippen LogP contribution in [0.1, 0.15) is 83.7 Å². The minimum Gasteiger partial charge on any atom is -0.339 e. The number of hydrogen-bond donors (Lipinski definition) is 0. The van der Waals surface area contributed by atoms with E-state index in [0.717, 1.165) is 25.1 Å². The molecule has 0 amide bonds. The van der Waals surface area contributed by atoms with E-state index >= 15 is 0 Å². The van der Waals surface area contributed by atoms with Crippen LogP contribution < -0.4 is 0 Å². The highest BCUT2D eigenvalue weighted by Crippen LogP contribution is 2.44. The van der Waals surface area contributed by atoms with Gasteiger partial charge < -0.3 is 4.57 Å². The molecule has 0 radical (unpaired) electrons. The zero-order valence-electron chi connectivity index (χ0n) is 20.1. The molecule has 1 aliphatic rings. The molecule has 31 heavy (non-hydrogen) atoms. The number of fused-ring (bicyclic) bond motifs is 1. The van der Waals surface area contributed by atoms with Crippen LogP contribution in [0.2, 0.25) is 0 Å². The summed E-state index contributed by atoms with van der Waals surface area (Å²) in [5.41, 5.74) is 8.51. The third kappa shape index (κ3) is 4.20. The molecule has 3 nitrogen and oxygen atoms in total. The van der Waals surface area contributed by atoms with Crippen molar-refractivity contribution in [3.8, 4) is 22.6 Å². The van der Waals surface area contributed by atoms with Crippen LogP contribution >= 0.6 is 0 Å². The summed E-state index contributed by atoms with van der Waals surface area (Å²) in [7, 11) is 0. The fourth-order valence-corrected chi connectivity index (χ4v) is 4.77. The van der Waals surface area contributed by atoms with Gasteiger partial charge in [0.05, 0.1) is 23.3 Å². The fraction of sp³-hybridized carbons (Fsp3) is 0.500. The van der Waals surface area contributed by atoms with E-state index in [4.69, 9.17) is 9.97 Å². The van der Waals surface area contributed by atoms with Crippen molar-refractivity contribution in [2.45, 2.75) is 91.0 Å². The third-order valence-electron chi connectivity index (χ3n) is 7.01. The molecule has 2 aromatic heterocycles. The average Bonchev–Trinajstić information content (AvgIpc) is 3.16. The van der Waals surface area contributed by atoms with Crippen molar-refractivity contribution in [2.24, 2.45) is 0 Å². The van der Waals surface area contributed by atoms with E-state index in [1.54, 1.807) is 0 Å². The number of rotatable bonds is 6. The topological polar surface area (TPSA) is 30.7 Å². The highest BCUT2D eigenvalue weighted by molar-refractivity contribution is 5.68. The first-order valence-corrected chi connectivity index (χ1v) is 11.9. The number of benzene rings is 1. The molecule has 0 spiro atoms. The second-order valence-electron chi connectivity index (χ2n) is 10.5. The molecule has 0 saturated heterocycles.